The van der Waals surface area contributed by atoms with Crippen LogP contribution in [0.3, 0.4) is 0 Å². The number of hydrogen-bond acceptors (Lipinski definition) is 5. The molecule has 1 saturated heterocycles. The molecule has 2 aromatic carbocycles. The van der Waals surface area contributed by atoms with E-state index in [1.807, 2.05) is 0 Å². The summed E-state index contributed by atoms with van der Waals surface area (Å²) < 4.78 is 27.7. The highest BCUT2D eigenvalue weighted by atomic mass is 32.2. The second-order valence-electron chi connectivity index (χ2n) is 6.60. The van der Waals surface area contributed by atoms with Gasteiger partial charge >= 0.3 is 12.0 Å². The third kappa shape index (κ3) is 5.83. The minimum Gasteiger partial charge on any atom is -0.465 e. The zero-order chi connectivity index (χ0) is 20.9. The third-order valence-electron chi connectivity index (χ3n) is 4.32. The molecular formula is C21H20N2O5S. The third-order valence-corrected chi connectivity index (χ3v) is 6.09. The van der Waals surface area contributed by atoms with Gasteiger partial charge in [0.15, 0.2) is 9.84 Å². The first-order valence-corrected chi connectivity index (χ1v) is 10.8. The fourth-order valence-electron chi connectivity index (χ4n) is 2.92. The van der Waals surface area contributed by atoms with Gasteiger partial charge in [-0.25, -0.2) is 18.0 Å². The molecule has 0 bridgehead atoms. The predicted octanol–water partition coefficient (Wildman–Crippen LogP) is 2.18. The van der Waals surface area contributed by atoms with Crippen molar-refractivity contribution in [3.63, 3.8) is 0 Å². The predicted molar refractivity (Wildman–Crippen MR) is 109 cm³/mol. The van der Waals surface area contributed by atoms with Gasteiger partial charge in [0.05, 0.1) is 24.2 Å². The maximum Gasteiger partial charge on any atom is 0.337 e. The highest BCUT2D eigenvalue weighted by Gasteiger charge is 2.28. The Balaban J connectivity index is 1.65. The Morgan fingerprint density at radius 3 is 2.41 bits per heavy atom. The van der Waals surface area contributed by atoms with Crippen molar-refractivity contribution >= 4 is 27.5 Å². The van der Waals surface area contributed by atoms with Gasteiger partial charge in [0, 0.05) is 22.9 Å². The molecule has 2 aromatic rings. The van der Waals surface area contributed by atoms with Crippen molar-refractivity contribution < 1.29 is 22.7 Å². The van der Waals surface area contributed by atoms with Crippen LogP contribution < -0.4 is 10.6 Å². The van der Waals surface area contributed by atoms with Crippen molar-refractivity contribution in [2.75, 3.05) is 23.9 Å². The summed E-state index contributed by atoms with van der Waals surface area (Å²) in [5.41, 5.74) is 2.29. The van der Waals surface area contributed by atoms with Gasteiger partial charge in [0.2, 0.25) is 0 Å². The smallest absolute Gasteiger partial charge is 0.337 e. The summed E-state index contributed by atoms with van der Waals surface area (Å²) in [5, 5.41) is 5.37. The highest BCUT2D eigenvalue weighted by molar-refractivity contribution is 7.91. The van der Waals surface area contributed by atoms with E-state index < -0.39 is 21.8 Å². The van der Waals surface area contributed by atoms with Crippen LogP contribution in [0.25, 0.3) is 0 Å². The number of methoxy groups -OCH3 is 1. The van der Waals surface area contributed by atoms with Crippen LogP contribution in [0.1, 0.15) is 27.9 Å². The lowest BCUT2D eigenvalue weighted by molar-refractivity contribution is 0.0600. The minimum atomic E-state index is -3.05. The molecule has 2 amide bonds. The average molecular weight is 412 g/mol. The van der Waals surface area contributed by atoms with E-state index in [4.69, 9.17) is 4.74 Å². The van der Waals surface area contributed by atoms with Crippen LogP contribution in [0.15, 0.2) is 48.5 Å². The number of benzene rings is 2. The number of ether oxygens (including phenoxy) is 1. The molecule has 0 spiro atoms. The number of carbonyl (C=O) groups excluding carboxylic acids is 2. The van der Waals surface area contributed by atoms with Crippen LogP contribution in [0.2, 0.25) is 0 Å². The van der Waals surface area contributed by atoms with Crippen LogP contribution in [0.5, 0.6) is 0 Å². The van der Waals surface area contributed by atoms with Crippen LogP contribution in [-0.4, -0.2) is 45.1 Å². The summed E-state index contributed by atoms with van der Waals surface area (Å²) >= 11 is 0. The number of rotatable bonds is 3. The Bertz CT molecular complexity index is 1100. The highest BCUT2D eigenvalue weighted by Crippen LogP contribution is 2.13. The molecule has 1 atom stereocenters. The molecule has 1 heterocycles. The zero-order valence-corrected chi connectivity index (χ0v) is 16.6. The number of esters is 1. The number of sulfone groups is 1. The van der Waals surface area contributed by atoms with E-state index in [-0.39, 0.29) is 17.5 Å². The Morgan fingerprint density at radius 2 is 1.76 bits per heavy atom. The molecule has 1 fully saturated rings. The van der Waals surface area contributed by atoms with Gasteiger partial charge in [-0.15, -0.1) is 0 Å². The van der Waals surface area contributed by atoms with Crippen molar-refractivity contribution in [3.8, 4) is 11.8 Å². The molecule has 0 aliphatic carbocycles. The number of amides is 2. The number of anilines is 1. The second-order valence-corrected chi connectivity index (χ2v) is 8.83. The van der Waals surface area contributed by atoms with Gasteiger partial charge in [0.1, 0.15) is 0 Å². The second kappa shape index (κ2) is 8.80. The minimum absolute atomic E-state index is 0.0312. The lowest BCUT2D eigenvalue weighted by Crippen LogP contribution is -2.38. The van der Waals surface area contributed by atoms with Crippen molar-refractivity contribution in [3.05, 3.63) is 65.2 Å². The molecule has 3 rings (SSSR count). The number of carbonyl (C=O) groups is 2. The standard InChI is InChI=1S/C21H20N2O5S/c1-28-20(24)17-6-2-4-15(12-17)8-9-16-5-3-7-18(13-16)22-21(25)23-19-10-11-29(26,27)14-19/h2-7,12-13,19H,10-11,14H2,1H3,(H2,22,23,25)/t19-/m0/s1. The molecule has 0 aromatic heterocycles. The quantitative estimate of drug-likeness (QED) is 0.594. The summed E-state index contributed by atoms with van der Waals surface area (Å²) in [4.78, 5) is 23.7. The fourth-order valence-corrected chi connectivity index (χ4v) is 4.60. The fraction of sp³-hybridized carbons (Fsp3) is 0.238. The maximum absolute atomic E-state index is 12.1. The molecule has 150 valence electrons. The van der Waals surface area contributed by atoms with Gasteiger partial charge in [-0.1, -0.05) is 24.0 Å². The molecule has 8 heteroatoms. The Labute approximate surface area is 169 Å². The molecule has 29 heavy (non-hydrogen) atoms. The van der Waals surface area contributed by atoms with Gasteiger partial charge in [-0.3, -0.25) is 0 Å². The van der Waals surface area contributed by atoms with Crippen molar-refractivity contribution in [1.82, 2.24) is 5.32 Å². The summed E-state index contributed by atoms with van der Waals surface area (Å²) in [6.07, 6.45) is 0.423. The van der Waals surface area contributed by atoms with Crippen molar-refractivity contribution in [1.29, 1.82) is 0 Å². The van der Waals surface area contributed by atoms with Crippen LogP contribution in [-0.2, 0) is 14.6 Å². The number of urea groups is 1. The van der Waals surface area contributed by atoms with E-state index >= 15 is 0 Å². The van der Waals surface area contributed by atoms with E-state index in [0.29, 0.717) is 28.8 Å². The summed E-state index contributed by atoms with van der Waals surface area (Å²) in [6, 6.07) is 12.9. The van der Waals surface area contributed by atoms with E-state index in [1.54, 1.807) is 48.5 Å². The maximum atomic E-state index is 12.1. The topological polar surface area (TPSA) is 102 Å². The van der Waals surface area contributed by atoms with Crippen LogP contribution in [0, 0.1) is 11.8 Å². The van der Waals surface area contributed by atoms with E-state index in [0.717, 1.165) is 0 Å². The molecule has 1 aliphatic heterocycles. The lowest BCUT2D eigenvalue weighted by atomic mass is 10.1. The lowest BCUT2D eigenvalue weighted by Gasteiger charge is -2.12. The van der Waals surface area contributed by atoms with Crippen LogP contribution in [0.4, 0.5) is 10.5 Å². The Kier molecular flexibility index (Phi) is 6.20. The molecule has 2 N–H and O–H groups in total. The monoisotopic (exact) mass is 412 g/mol. The largest absolute Gasteiger partial charge is 0.465 e. The van der Waals surface area contributed by atoms with Crippen LogP contribution >= 0.6 is 0 Å². The van der Waals surface area contributed by atoms with Gasteiger partial charge in [0.25, 0.3) is 0 Å². The molecule has 7 nitrogen and oxygen atoms in total. The summed E-state index contributed by atoms with van der Waals surface area (Å²) in [5.74, 6) is 5.60. The molecular weight excluding hydrogens is 392 g/mol. The number of hydrogen-bond donors (Lipinski definition) is 2. The Morgan fingerprint density at radius 1 is 1.07 bits per heavy atom. The molecule has 0 radical (unpaired) electrons. The van der Waals surface area contributed by atoms with E-state index in [2.05, 4.69) is 22.5 Å². The summed E-state index contributed by atoms with van der Waals surface area (Å²) in [6.45, 7) is 0. The Hall–Kier alpha value is -3.31. The van der Waals surface area contributed by atoms with E-state index in [1.165, 1.54) is 7.11 Å². The SMILES string of the molecule is COC(=O)c1cccc(C#Cc2cccc(NC(=O)N[C@H]3CCS(=O)(=O)C3)c2)c1. The molecule has 0 unspecified atom stereocenters. The van der Waals surface area contributed by atoms with Gasteiger partial charge in [-0.05, 0) is 42.8 Å². The first-order chi connectivity index (χ1) is 13.8. The average Bonchev–Trinajstić information content (AvgIpc) is 3.04. The first-order valence-electron chi connectivity index (χ1n) is 8.93. The van der Waals surface area contributed by atoms with E-state index in [9.17, 15) is 18.0 Å². The number of nitrogens with one attached hydrogen (secondary N) is 2. The zero-order valence-electron chi connectivity index (χ0n) is 15.8. The van der Waals surface area contributed by atoms with Crippen molar-refractivity contribution in [2.24, 2.45) is 0 Å². The van der Waals surface area contributed by atoms with Crippen molar-refractivity contribution in [2.45, 2.75) is 12.5 Å². The summed E-state index contributed by atoms with van der Waals surface area (Å²) in [7, 11) is -1.73. The normalized spacial score (nSPS) is 16.9. The van der Waals surface area contributed by atoms with Gasteiger partial charge < -0.3 is 15.4 Å². The first kappa shape index (κ1) is 20.4. The van der Waals surface area contributed by atoms with Gasteiger partial charge in [-0.2, -0.15) is 0 Å². The molecule has 0 saturated carbocycles. The molecule has 1 aliphatic rings.